The van der Waals surface area contributed by atoms with Crippen molar-refractivity contribution in [3.63, 3.8) is 0 Å². The van der Waals surface area contributed by atoms with Crippen LogP contribution >= 0.6 is 11.6 Å². The fraction of sp³-hybridized carbons (Fsp3) is 0.188. The second-order valence-electron chi connectivity index (χ2n) is 5.52. The molecule has 0 aliphatic carbocycles. The first-order chi connectivity index (χ1) is 11.6. The van der Waals surface area contributed by atoms with Crippen LogP contribution in [0.15, 0.2) is 48.5 Å². The van der Waals surface area contributed by atoms with Gasteiger partial charge in [-0.05, 0) is 35.9 Å². The number of hydrogen-bond donors (Lipinski definition) is 0. The molecule has 1 heterocycles. The van der Waals surface area contributed by atoms with Gasteiger partial charge in [0.1, 0.15) is 5.75 Å². The summed E-state index contributed by atoms with van der Waals surface area (Å²) in [6, 6.07) is 9.82. The van der Waals surface area contributed by atoms with Gasteiger partial charge in [-0.3, -0.25) is 9.69 Å². The molecule has 0 N–H and O–H groups in total. The van der Waals surface area contributed by atoms with Gasteiger partial charge >= 0.3 is 6.18 Å². The molecule has 0 spiro atoms. The van der Waals surface area contributed by atoms with Gasteiger partial charge in [0.25, 0.3) is 0 Å². The van der Waals surface area contributed by atoms with E-state index in [1.807, 2.05) is 0 Å². The number of amides is 1. The average Bonchev–Trinajstić information content (AvgIpc) is 2.76. The van der Waals surface area contributed by atoms with Crippen molar-refractivity contribution in [2.24, 2.45) is 0 Å². The standard InChI is InChI=1S/C16H11ClF3NO3S/c17-12-6-4-10(5-7-12)15-21(14(22)9-25(15,23)24)13-3-1-2-11(8-13)16(18,19)20/h1-8,15H,9H2/t15-/m0/s1. The lowest BCUT2D eigenvalue weighted by atomic mass is 10.1. The van der Waals surface area contributed by atoms with Crippen LogP contribution in [0.4, 0.5) is 18.9 Å². The van der Waals surface area contributed by atoms with Crippen molar-refractivity contribution in [3.05, 3.63) is 64.7 Å². The van der Waals surface area contributed by atoms with E-state index in [-0.39, 0.29) is 11.3 Å². The summed E-state index contributed by atoms with van der Waals surface area (Å²) in [5.74, 6) is -1.55. The normalized spacial score (nSPS) is 20.1. The Morgan fingerprint density at radius 1 is 1.08 bits per heavy atom. The molecule has 4 nitrogen and oxygen atoms in total. The van der Waals surface area contributed by atoms with Crippen LogP contribution in [0, 0.1) is 0 Å². The molecule has 1 fully saturated rings. The van der Waals surface area contributed by atoms with Crippen LogP contribution in [0.3, 0.4) is 0 Å². The molecule has 1 atom stereocenters. The Morgan fingerprint density at radius 3 is 2.32 bits per heavy atom. The maximum absolute atomic E-state index is 12.9. The average molecular weight is 390 g/mol. The molecule has 9 heteroatoms. The Morgan fingerprint density at radius 2 is 1.72 bits per heavy atom. The van der Waals surface area contributed by atoms with Gasteiger partial charge < -0.3 is 0 Å². The third-order valence-electron chi connectivity index (χ3n) is 3.77. The van der Waals surface area contributed by atoms with Crippen molar-refractivity contribution in [1.82, 2.24) is 0 Å². The summed E-state index contributed by atoms with van der Waals surface area (Å²) in [4.78, 5) is 13.1. The van der Waals surface area contributed by atoms with Crippen LogP contribution in [-0.2, 0) is 20.8 Å². The summed E-state index contributed by atoms with van der Waals surface area (Å²) in [6.45, 7) is 0. The molecule has 1 saturated heterocycles. The van der Waals surface area contributed by atoms with E-state index in [1.54, 1.807) is 0 Å². The lowest BCUT2D eigenvalue weighted by molar-refractivity contribution is -0.137. The number of sulfone groups is 1. The van der Waals surface area contributed by atoms with Crippen molar-refractivity contribution in [3.8, 4) is 0 Å². The molecule has 0 aromatic heterocycles. The van der Waals surface area contributed by atoms with E-state index in [2.05, 4.69) is 0 Å². The zero-order valence-electron chi connectivity index (χ0n) is 12.5. The van der Waals surface area contributed by atoms with Crippen molar-refractivity contribution < 1.29 is 26.4 Å². The lowest BCUT2D eigenvalue weighted by Crippen LogP contribution is -2.29. The van der Waals surface area contributed by atoms with Gasteiger partial charge in [-0.2, -0.15) is 13.2 Å². The largest absolute Gasteiger partial charge is 0.416 e. The molecule has 0 bridgehead atoms. The monoisotopic (exact) mass is 389 g/mol. The fourth-order valence-corrected chi connectivity index (χ4v) is 4.61. The maximum Gasteiger partial charge on any atom is 0.416 e. The number of benzene rings is 2. The summed E-state index contributed by atoms with van der Waals surface area (Å²) in [7, 11) is -3.90. The van der Waals surface area contributed by atoms with Crippen molar-refractivity contribution >= 4 is 33.0 Å². The summed E-state index contributed by atoms with van der Waals surface area (Å²) < 4.78 is 63.6. The minimum absolute atomic E-state index is 0.124. The van der Waals surface area contributed by atoms with E-state index in [1.165, 1.54) is 30.3 Å². The van der Waals surface area contributed by atoms with Gasteiger partial charge in [0.2, 0.25) is 5.91 Å². The first-order valence-corrected chi connectivity index (χ1v) is 9.15. The number of rotatable bonds is 2. The highest BCUT2D eigenvalue weighted by Crippen LogP contribution is 2.39. The number of anilines is 1. The van der Waals surface area contributed by atoms with Gasteiger partial charge in [-0.15, -0.1) is 0 Å². The third kappa shape index (κ3) is 3.36. The minimum atomic E-state index is -4.60. The van der Waals surface area contributed by atoms with Crippen molar-refractivity contribution in [1.29, 1.82) is 0 Å². The molecule has 0 unspecified atom stereocenters. The van der Waals surface area contributed by atoms with Gasteiger partial charge in [-0.1, -0.05) is 29.8 Å². The van der Waals surface area contributed by atoms with E-state index < -0.39 is 38.6 Å². The highest BCUT2D eigenvalue weighted by Gasteiger charge is 2.46. The fourth-order valence-electron chi connectivity index (χ4n) is 2.71. The zero-order chi connectivity index (χ0) is 18.4. The molecule has 0 saturated carbocycles. The summed E-state index contributed by atoms with van der Waals surface area (Å²) in [5.41, 5.74) is -0.828. The molecule has 25 heavy (non-hydrogen) atoms. The van der Waals surface area contributed by atoms with Gasteiger partial charge in [-0.25, -0.2) is 8.42 Å². The van der Waals surface area contributed by atoms with E-state index in [0.29, 0.717) is 5.02 Å². The Balaban J connectivity index is 2.13. The number of nitrogens with zero attached hydrogens (tertiary/aromatic N) is 1. The number of carbonyl (C=O) groups is 1. The predicted octanol–water partition coefficient (Wildman–Crippen LogP) is 3.82. The summed E-state index contributed by atoms with van der Waals surface area (Å²) in [6.07, 6.45) is -4.60. The van der Waals surface area contributed by atoms with E-state index in [4.69, 9.17) is 11.6 Å². The Bertz CT molecular complexity index is 926. The first-order valence-electron chi connectivity index (χ1n) is 7.06. The number of hydrogen-bond acceptors (Lipinski definition) is 3. The molecular weight excluding hydrogens is 379 g/mol. The zero-order valence-corrected chi connectivity index (χ0v) is 14.1. The molecule has 0 radical (unpaired) electrons. The topological polar surface area (TPSA) is 54.5 Å². The second-order valence-corrected chi connectivity index (χ2v) is 8.02. The van der Waals surface area contributed by atoms with Crippen LogP contribution < -0.4 is 4.90 Å². The van der Waals surface area contributed by atoms with E-state index >= 15 is 0 Å². The number of alkyl halides is 3. The van der Waals surface area contributed by atoms with Gasteiger partial charge in [0.05, 0.1) is 5.56 Å². The summed E-state index contributed by atoms with van der Waals surface area (Å²) >= 11 is 5.79. The van der Waals surface area contributed by atoms with Crippen LogP contribution in [0.1, 0.15) is 16.5 Å². The first kappa shape index (κ1) is 17.8. The van der Waals surface area contributed by atoms with Crippen molar-refractivity contribution in [2.45, 2.75) is 11.6 Å². The van der Waals surface area contributed by atoms with E-state index in [0.717, 1.165) is 23.1 Å². The van der Waals surface area contributed by atoms with Crippen LogP contribution in [0.2, 0.25) is 5.02 Å². The molecular formula is C16H11ClF3NO3S. The highest BCUT2D eigenvalue weighted by atomic mass is 35.5. The predicted molar refractivity (Wildman–Crippen MR) is 86.9 cm³/mol. The van der Waals surface area contributed by atoms with Crippen molar-refractivity contribution in [2.75, 3.05) is 10.7 Å². The highest BCUT2D eigenvalue weighted by molar-refractivity contribution is 7.93. The molecule has 2 aromatic rings. The van der Waals surface area contributed by atoms with Crippen LogP contribution in [0.5, 0.6) is 0 Å². The molecule has 1 amide bonds. The minimum Gasteiger partial charge on any atom is -0.290 e. The maximum atomic E-state index is 12.9. The van der Waals surface area contributed by atoms with Gasteiger partial charge in [0.15, 0.2) is 15.2 Å². The third-order valence-corrected chi connectivity index (χ3v) is 5.84. The molecule has 2 aromatic carbocycles. The van der Waals surface area contributed by atoms with Crippen LogP contribution in [-0.4, -0.2) is 20.1 Å². The number of halogens is 4. The Kier molecular flexibility index (Phi) is 4.28. The quantitative estimate of drug-likeness (QED) is 0.784. The molecule has 1 aliphatic rings. The SMILES string of the molecule is O=C1CS(=O)(=O)[C@@H](c2ccc(Cl)cc2)N1c1cccc(C(F)(F)F)c1. The van der Waals surface area contributed by atoms with Crippen LogP contribution in [0.25, 0.3) is 0 Å². The molecule has 132 valence electrons. The Hall–Kier alpha value is -2.06. The Labute approximate surface area is 146 Å². The van der Waals surface area contributed by atoms with E-state index in [9.17, 15) is 26.4 Å². The molecule has 3 rings (SSSR count). The number of carbonyl (C=O) groups excluding carboxylic acids is 1. The second kappa shape index (κ2) is 6.03. The lowest BCUT2D eigenvalue weighted by Gasteiger charge is -2.24. The smallest absolute Gasteiger partial charge is 0.290 e. The van der Waals surface area contributed by atoms with Gasteiger partial charge in [0, 0.05) is 10.7 Å². The summed E-state index contributed by atoms with van der Waals surface area (Å²) in [5, 5.41) is -1.02. The molecule has 1 aliphatic heterocycles.